The van der Waals surface area contributed by atoms with Crippen LogP contribution in [0.3, 0.4) is 0 Å². The molecule has 18 heavy (non-hydrogen) atoms. The van der Waals surface area contributed by atoms with E-state index in [1.807, 2.05) is 0 Å². The van der Waals surface area contributed by atoms with Crippen LogP contribution in [0.2, 0.25) is 0 Å². The normalized spacial score (nSPS) is 45.6. The van der Waals surface area contributed by atoms with Gasteiger partial charge in [-0.05, 0) is 50.0 Å². The van der Waals surface area contributed by atoms with Crippen molar-refractivity contribution in [2.75, 3.05) is 19.6 Å². The second-order valence-corrected chi connectivity index (χ2v) is 6.59. The summed E-state index contributed by atoms with van der Waals surface area (Å²) in [5.74, 6) is 2.73. The average Bonchev–Trinajstić information content (AvgIpc) is 3.11. The molecule has 5 atom stereocenters. The molecule has 3 fully saturated rings. The van der Waals surface area contributed by atoms with Gasteiger partial charge < -0.3 is 10.2 Å². The fraction of sp³-hybridized carbons (Fsp3) is 0.800. The zero-order valence-corrected chi connectivity index (χ0v) is 10.8. The van der Waals surface area contributed by atoms with Crippen LogP contribution < -0.4 is 5.32 Å². The summed E-state index contributed by atoms with van der Waals surface area (Å²) in [5.41, 5.74) is 0. The molecule has 4 rings (SSSR count). The Bertz CT molecular complexity index is 378. The second-order valence-electron chi connectivity index (χ2n) is 6.59. The van der Waals surface area contributed by atoms with Crippen LogP contribution in [0.1, 0.15) is 25.7 Å². The van der Waals surface area contributed by atoms with Gasteiger partial charge in [0.15, 0.2) is 0 Å². The Balaban J connectivity index is 1.45. The number of hydrogen-bond acceptors (Lipinski definition) is 2. The zero-order chi connectivity index (χ0) is 12.1. The maximum Gasteiger partial charge on any atom is 0.226 e. The third-order valence-corrected chi connectivity index (χ3v) is 5.51. The number of carbonyl (C=O) groups excluding carboxylic acids is 1. The van der Waals surface area contributed by atoms with E-state index >= 15 is 0 Å². The molecular formula is C15H22N2O. The Hall–Kier alpha value is -0.830. The number of rotatable bonds is 1. The van der Waals surface area contributed by atoms with Crippen molar-refractivity contribution < 1.29 is 4.79 Å². The summed E-state index contributed by atoms with van der Waals surface area (Å²) < 4.78 is 0. The highest BCUT2D eigenvalue weighted by atomic mass is 16.2. The van der Waals surface area contributed by atoms with Crippen molar-refractivity contribution in [2.45, 2.75) is 31.7 Å². The topological polar surface area (TPSA) is 32.3 Å². The van der Waals surface area contributed by atoms with E-state index in [0.29, 0.717) is 29.7 Å². The lowest BCUT2D eigenvalue weighted by atomic mass is 9.92. The number of piperidine rings is 1. The molecule has 0 spiro atoms. The third-order valence-electron chi connectivity index (χ3n) is 5.51. The first-order valence-electron chi connectivity index (χ1n) is 7.52. The minimum Gasteiger partial charge on any atom is -0.341 e. The van der Waals surface area contributed by atoms with Gasteiger partial charge in [-0.2, -0.15) is 0 Å². The molecule has 3 unspecified atom stereocenters. The van der Waals surface area contributed by atoms with E-state index in [1.165, 1.54) is 19.3 Å². The van der Waals surface area contributed by atoms with E-state index in [2.05, 4.69) is 22.4 Å². The van der Waals surface area contributed by atoms with Crippen LogP contribution in [-0.2, 0) is 4.79 Å². The molecule has 1 N–H and O–H groups in total. The van der Waals surface area contributed by atoms with Gasteiger partial charge in [0.1, 0.15) is 0 Å². The molecule has 2 bridgehead atoms. The molecule has 0 radical (unpaired) electrons. The molecule has 1 amide bonds. The van der Waals surface area contributed by atoms with Crippen molar-refractivity contribution in [3.8, 4) is 0 Å². The van der Waals surface area contributed by atoms with Gasteiger partial charge in [-0.25, -0.2) is 0 Å². The van der Waals surface area contributed by atoms with Crippen LogP contribution in [0, 0.1) is 23.7 Å². The molecule has 0 aromatic heterocycles. The van der Waals surface area contributed by atoms with Gasteiger partial charge in [-0.1, -0.05) is 12.2 Å². The lowest BCUT2D eigenvalue weighted by Gasteiger charge is -2.24. The summed E-state index contributed by atoms with van der Waals surface area (Å²) in [6, 6.07) is 0.580. The SMILES string of the molecule is O=C(C1CC2C=CC1C2)N1C[C@@H]2CCCN[C@@H]2C1. The minimum atomic E-state index is 0.306. The number of hydrogen-bond donors (Lipinski definition) is 1. The zero-order valence-electron chi connectivity index (χ0n) is 10.8. The van der Waals surface area contributed by atoms with Gasteiger partial charge in [-0.15, -0.1) is 0 Å². The summed E-state index contributed by atoms with van der Waals surface area (Å²) in [4.78, 5) is 14.8. The number of amides is 1. The van der Waals surface area contributed by atoms with Crippen LogP contribution in [0.25, 0.3) is 0 Å². The number of carbonyl (C=O) groups is 1. The highest BCUT2D eigenvalue weighted by Crippen LogP contribution is 2.44. The van der Waals surface area contributed by atoms with Gasteiger partial charge in [0.05, 0.1) is 0 Å². The fourth-order valence-corrected chi connectivity index (χ4v) is 4.53. The summed E-state index contributed by atoms with van der Waals surface area (Å²) >= 11 is 0. The summed E-state index contributed by atoms with van der Waals surface area (Å²) in [7, 11) is 0. The molecule has 4 aliphatic rings. The number of fused-ring (bicyclic) bond motifs is 3. The Morgan fingerprint density at radius 2 is 2.17 bits per heavy atom. The van der Waals surface area contributed by atoms with Gasteiger partial charge in [0, 0.05) is 25.0 Å². The van der Waals surface area contributed by atoms with Crippen LogP contribution >= 0.6 is 0 Å². The van der Waals surface area contributed by atoms with Crippen molar-refractivity contribution in [1.29, 1.82) is 0 Å². The lowest BCUT2D eigenvalue weighted by molar-refractivity contribution is -0.135. The number of allylic oxidation sites excluding steroid dienone is 2. The van der Waals surface area contributed by atoms with Crippen molar-refractivity contribution in [3.05, 3.63) is 12.2 Å². The Kier molecular flexibility index (Phi) is 2.51. The van der Waals surface area contributed by atoms with Crippen molar-refractivity contribution in [2.24, 2.45) is 23.7 Å². The fourth-order valence-electron chi connectivity index (χ4n) is 4.53. The third kappa shape index (κ3) is 1.63. The minimum absolute atomic E-state index is 0.306. The smallest absolute Gasteiger partial charge is 0.226 e. The van der Waals surface area contributed by atoms with Crippen molar-refractivity contribution in [1.82, 2.24) is 10.2 Å². The summed E-state index contributed by atoms with van der Waals surface area (Å²) in [6.07, 6.45) is 9.53. The van der Waals surface area contributed by atoms with Gasteiger partial charge >= 0.3 is 0 Å². The lowest BCUT2D eigenvalue weighted by Crippen LogP contribution is -2.41. The van der Waals surface area contributed by atoms with Gasteiger partial charge in [0.25, 0.3) is 0 Å². The molecule has 2 aliphatic carbocycles. The van der Waals surface area contributed by atoms with Gasteiger partial charge in [0.2, 0.25) is 5.91 Å². The van der Waals surface area contributed by atoms with E-state index in [9.17, 15) is 4.79 Å². The molecule has 2 aliphatic heterocycles. The molecule has 1 saturated carbocycles. The number of likely N-dealkylation sites (tertiary alicyclic amines) is 1. The van der Waals surface area contributed by atoms with E-state index in [0.717, 1.165) is 32.0 Å². The highest BCUT2D eigenvalue weighted by molar-refractivity contribution is 5.80. The summed E-state index contributed by atoms with van der Waals surface area (Å²) in [5, 5.41) is 3.58. The molecule has 2 heterocycles. The Labute approximate surface area is 109 Å². The van der Waals surface area contributed by atoms with Crippen LogP contribution in [0.15, 0.2) is 12.2 Å². The molecule has 98 valence electrons. The quantitative estimate of drug-likeness (QED) is 0.710. The maximum atomic E-state index is 12.6. The first-order valence-corrected chi connectivity index (χ1v) is 7.52. The maximum absolute atomic E-state index is 12.6. The van der Waals surface area contributed by atoms with Crippen molar-refractivity contribution in [3.63, 3.8) is 0 Å². The van der Waals surface area contributed by atoms with E-state index in [1.54, 1.807) is 0 Å². The number of nitrogens with one attached hydrogen (secondary N) is 1. The summed E-state index contributed by atoms with van der Waals surface area (Å²) in [6.45, 7) is 3.11. The molecule has 0 aromatic rings. The van der Waals surface area contributed by atoms with Crippen molar-refractivity contribution >= 4 is 5.91 Å². The molecule has 3 heteroatoms. The Morgan fingerprint density at radius 1 is 1.22 bits per heavy atom. The monoisotopic (exact) mass is 246 g/mol. The van der Waals surface area contributed by atoms with E-state index in [4.69, 9.17) is 0 Å². The largest absolute Gasteiger partial charge is 0.341 e. The predicted molar refractivity (Wildman–Crippen MR) is 69.9 cm³/mol. The molecule has 3 nitrogen and oxygen atoms in total. The highest BCUT2D eigenvalue weighted by Gasteiger charge is 2.44. The average molecular weight is 246 g/mol. The first kappa shape index (κ1) is 11.0. The van der Waals surface area contributed by atoms with E-state index < -0.39 is 0 Å². The molecule has 2 saturated heterocycles. The molecular weight excluding hydrogens is 224 g/mol. The van der Waals surface area contributed by atoms with Gasteiger partial charge in [-0.3, -0.25) is 4.79 Å². The molecule has 0 aromatic carbocycles. The Morgan fingerprint density at radius 3 is 2.89 bits per heavy atom. The van der Waals surface area contributed by atoms with Crippen LogP contribution in [0.5, 0.6) is 0 Å². The predicted octanol–water partition coefficient (Wildman–Crippen LogP) is 1.41. The standard InChI is InChI=1S/C15H22N2O/c18-15(13-7-10-3-4-11(13)6-10)17-8-12-2-1-5-16-14(12)9-17/h3-4,10-14,16H,1-2,5-9H2/t10?,11?,12-,13?,14+/m0/s1. The van der Waals surface area contributed by atoms with Crippen LogP contribution in [0.4, 0.5) is 0 Å². The number of nitrogens with zero attached hydrogens (tertiary/aromatic N) is 1. The van der Waals surface area contributed by atoms with E-state index in [-0.39, 0.29) is 0 Å². The second kappa shape index (κ2) is 4.09. The van der Waals surface area contributed by atoms with Crippen LogP contribution in [-0.4, -0.2) is 36.5 Å². The first-order chi connectivity index (χ1) is 8.81.